The molecule has 1 aromatic rings. The number of para-hydroxylation sites is 2. The maximum Gasteiger partial charge on any atom is 0.292 e. The lowest BCUT2D eigenvalue weighted by Gasteiger charge is -2.22. The minimum absolute atomic E-state index is 0.0715. The van der Waals surface area contributed by atoms with Gasteiger partial charge in [0, 0.05) is 19.2 Å². The first-order valence-electron chi connectivity index (χ1n) is 6.12. The van der Waals surface area contributed by atoms with Gasteiger partial charge in [-0.3, -0.25) is 19.7 Å². The predicted octanol–water partition coefficient (Wildman–Crippen LogP) is 0.0114. The van der Waals surface area contributed by atoms with Crippen LogP contribution in [-0.4, -0.2) is 35.9 Å². The number of anilines is 1. The third kappa shape index (κ3) is 3.29. The molecule has 1 aliphatic rings. The summed E-state index contributed by atoms with van der Waals surface area (Å²) in [7, 11) is 0. The standard InChI is InChI=1S/C12H14N4O4/c17-11(7-9-12(18)14-6-5-13-9)15-8-3-1-2-4-10(8)16(19)20/h1-4,9,13H,5-7H2,(H,14,18)(H,15,17). The van der Waals surface area contributed by atoms with E-state index in [9.17, 15) is 19.7 Å². The van der Waals surface area contributed by atoms with Gasteiger partial charge in [-0.2, -0.15) is 0 Å². The second kappa shape index (κ2) is 6.11. The highest BCUT2D eigenvalue weighted by molar-refractivity contribution is 5.97. The van der Waals surface area contributed by atoms with E-state index in [1.165, 1.54) is 18.2 Å². The van der Waals surface area contributed by atoms with Crippen LogP contribution in [0.5, 0.6) is 0 Å². The van der Waals surface area contributed by atoms with E-state index in [2.05, 4.69) is 16.0 Å². The maximum absolute atomic E-state index is 11.8. The van der Waals surface area contributed by atoms with E-state index in [-0.39, 0.29) is 23.7 Å². The zero-order chi connectivity index (χ0) is 14.5. The summed E-state index contributed by atoms with van der Waals surface area (Å²) >= 11 is 0. The lowest BCUT2D eigenvalue weighted by Crippen LogP contribution is -2.53. The molecule has 0 saturated carbocycles. The van der Waals surface area contributed by atoms with Crippen molar-refractivity contribution in [3.05, 3.63) is 34.4 Å². The smallest absolute Gasteiger partial charge is 0.292 e. The maximum atomic E-state index is 11.8. The predicted molar refractivity (Wildman–Crippen MR) is 71.1 cm³/mol. The molecule has 0 aliphatic carbocycles. The number of rotatable bonds is 4. The van der Waals surface area contributed by atoms with Crippen LogP contribution in [0.15, 0.2) is 24.3 Å². The molecule has 0 spiro atoms. The Labute approximate surface area is 114 Å². The molecule has 3 N–H and O–H groups in total. The Hall–Kier alpha value is -2.48. The van der Waals surface area contributed by atoms with Gasteiger partial charge in [-0.1, -0.05) is 12.1 Å². The van der Waals surface area contributed by atoms with Crippen molar-refractivity contribution in [3.63, 3.8) is 0 Å². The lowest BCUT2D eigenvalue weighted by atomic mass is 10.1. The van der Waals surface area contributed by atoms with Crippen molar-refractivity contribution in [2.24, 2.45) is 0 Å². The summed E-state index contributed by atoms with van der Waals surface area (Å²) in [5.74, 6) is -0.692. The van der Waals surface area contributed by atoms with Crippen molar-refractivity contribution in [3.8, 4) is 0 Å². The molecule has 2 rings (SSSR count). The number of nitro groups is 1. The molecule has 106 valence electrons. The van der Waals surface area contributed by atoms with Crippen LogP contribution in [0.2, 0.25) is 0 Å². The molecule has 20 heavy (non-hydrogen) atoms. The summed E-state index contributed by atoms with van der Waals surface area (Å²) in [6.07, 6.45) is -0.0715. The van der Waals surface area contributed by atoms with Gasteiger partial charge in [-0.15, -0.1) is 0 Å². The molecule has 8 nitrogen and oxygen atoms in total. The topological polar surface area (TPSA) is 113 Å². The molecule has 0 radical (unpaired) electrons. The first-order chi connectivity index (χ1) is 9.58. The number of nitrogens with one attached hydrogen (secondary N) is 3. The Morgan fingerprint density at radius 2 is 2.15 bits per heavy atom. The molecular formula is C12H14N4O4. The van der Waals surface area contributed by atoms with Crippen LogP contribution in [0.4, 0.5) is 11.4 Å². The third-order valence-electron chi connectivity index (χ3n) is 2.90. The number of carbonyl (C=O) groups excluding carboxylic acids is 2. The van der Waals surface area contributed by atoms with E-state index in [0.717, 1.165) is 0 Å². The van der Waals surface area contributed by atoms with Gasteiger partial charge in [0.25, 0.3) is 5.69 Å². The van der Waals surface area contributed by atoms with Gasteiger partial charge >= 0.3 is 0 Å². The number of piperazine rings is 1. The summed E-state index contributed by atoms with van der Waals surface area (Å²) in [6.45, 7) is 1.12. The normalized spacial score (nSPS) is 18.2. The number of amides is 2. The summed E-state index contributed by atoms with van der Waals surface area (Å²) < 4.78 is 0. The summed E-state index contributed by atoms with van der Waals surface area (Å²) in [4.78, 5) is 33.6. The average molecular weight is 278 g/mol. The zero-order valence-corrected chi connectivity index (χ0v) is 10.6. The Bertz CT molecular complexity index is 546. The first kappa shape index (κ1) is 13.9. The molecule has 1 fully saturated rings. The molecule has 8 heteroatoms. The summed E-state index contributed by atoms with van der Waals surface area (Å²) in [5, 5.41) is 18.8. The molecule has 0 aromatic heterocycles. The van der Waals surface area contributed by atoms with E-state index in [0.29, 0.717) is 13.1 Å². The Balaban J connectivity index is 2.01. The minimum Gasteiger partial charge on any atom is -0.353 e. The van der Waals surface area contributed by atoms with Crippen LogP contribution >= 0.6 is 0 Å². The highest BCUT2D eigenvalue weighted by Gasteiger charge is 2.25. The second-order valence-corrected chi connectivity index (χ2v) is 4.32. The number of benzene rings is 1. The monoisotopic (exact) mass is 278 g/mol. The van der Waals surface area contributed by atoms with Gasteiger partial charge in [0.2, 0.25) is 11.8 Å². The fourth-order valence-corrected chi connectivity index (χ4v) is 1.94. The lowest BCUT2D eigenvalue weighted by molar-refractivity contribution is -0.383. The fraction of sp³-hybridized carbons (Fsp3) is 0.333. The van der Waals surface area contributed by atoms with E-state index >= 15 is 0 Å². The first-order valence-corrected chi connectivity index (χ1v) is 6.12. The van der Waals surface area contributed by atoms with Crippen LogP contribution in [0.1, 0.15) is 6.42 Å². The van der Waals surface area contributed by atoms with Crippen LogP contribution in [0.3, 0.4) is 0 Å². The Morgan fingerprint density at radius 3 is 2.85 bits per heavy atom. The van der Waals surface area contributed by atoms with E-state index in [1.807, 2.05) is 0 Å². The minimum atomic E-state index is -0.605. The van der Waals surface area contributed by atoms with Crippen LogP contribution < -0.4 is 16.0 Å². The van der Waals surface area contributed by atoms with Gasteiger partial charge in [-0.25, -0.2) is 0 Å². The summed E-state index contributed by atoms with van der Waals surface area (Å²) in [6, 6.07) is 5.26. The molecule has 1 heterocycles. The number of hydrogen-bond donors (Lipinski definition) is 3. The van der Waals surface area contributed by atoms with Crippen LogP contribution in [-0.2, 0) is 9.59 Å². The second-order valence-electron chi connectivity index (χ2n) is 4.32. The SMILES string of the molecule is O=C(CC1NCCNC1=O)Nc1ccccc1[N+](=O)[O-]. The zero-order valence-electron chi connectivity index (χ0n) is 10.6. The molecule has 1 aliphatic heterocycles. The highest BCUT2D eigenvalue weighted by Crippen LogP contribution is 2.23. The third-order valence-corrected chi connectivity index (χ3v) is 2.90. The Kier molecular flexibility index (Phi) is 4.26. The van der Waals surface area contributed by atoms with Gasteiger partial charge in [-0.05, 0) is 6.07 Å². The van der Waals surface area contributed by atoms with Crippen molar-refractivity contribution in [1.29, 1.82) is 0 Å². The van der Waals surface area contributed by atoms with Crippen molar-refractivity contribution in [2.45, 2.75) is 12.5 Å². The van der Waals surface area contributed by atoms with Gasteiger partial charge in [0.1, 0.15) is 5.69 Å². The highest BCUT2D eigenvalue weighted by atomic mass is 16.6. The Morgan fingerprint density at radius 1 is 1.40 bits per heavy atom. The van der Waals surface area contributed by atoms with E-state index < -0.39 is 16.9 Å². The quantitative estimate of drug-likeness (QED) is 0.530. The van der Waals surface area contributed by atoms with Crippen molar-refractivity contribution < 1.29 is 14.5 Å². The van der Waals surface area contributed by atoms with Gasteiger partial charge in [0.05, 0.1) is 17.4 Å². The van der Waals surface area contributed by atoms with Crippen LogP contribution in [0.25, 0.3) is 0 Å². The number of nitro benzene ring substituents is 1. The molecule has 0 bridgehead atoms. The average Bonchev–Trinajstić information content (AvgIpc) is 2.41. The van der Waals surface area contributed by atoms with Crippen molar-refractivity contribution in [1.82, 2.24) is 10.6 Å². The molecular weight excluding hydrogens is 264 g/mol. The molecule has 2 amide bonds. The largest absolute Gasteiger partial charge is 0.353 e. The number of nitrogens with zero attached hydrogens (tertiary/aromatic N) is 1. The molecule has 1 saturated heterocycles. The number of carbonyl (C=O) groups is 2. The van der Waals surface area contributed by atoms with Crippen LogP contribution in [0, 0.1) is 10.1 Å². The van der Waals surface area contributed by atoms with Gasteiger partial charge < -0.3 is 16.0 Å². The molecule has 1 aromatic carbocycles. The number of hydrogen-bond acceptors (Lipinski definition) is 5. The molecule has 1 unspecified atom stereocenters. The molecule has 1 atom stereocenters. The van der Waals surface area contributed by atoms with Crippen molar-refractivity contribution in [2.75, 3.05) is 18.4 Å². The fourth-order valence-electron chi connectivity index (χ4n) is 1.94. The van der Waals surface area contributed by atoms with E-state index in [4.69, 9.17) is 0 Å². The summed E-state index contributed by atoms with van der Waals surface area (Å²) in [5.41, 5.74) is -0.0550. The van der Waals surface area contributed by atoms with Crippen molar-refractivity contribution >= 4 is 23.2 Å². The van der Waals surface area contributed by atoms with Gasteiger partial charge in [0.15, 0.2) is 0 Å². The van der Waals surface area contributed by atoms with E-state index in [1.54, 1.807) is 6.07 Å².